The van der Waals surface area contributed by atoms with Crippen molar-refractivity contribution in [3.05, 3.63) is 28.7 Å². The normalized spacial score (nSPS) is 17.5. The van der Waals surface area contributed by atoms with Gasteiger partial charge in [-0.2, -0.15) is 10.1 Å². The average Bonchev–Trinajstić information content (AvgIpc) is 3.19. The fourth-order valence-electron chi connectivity index (χ4n) is 3.26. The van der Waals surface area contributed by atoms with Gasteiger partial charge >= 0.3 is 0 Å². The van der Waals surface area contributed by atoms with E-state index in [2.05, 4.69) is 15.2 Å². The van der Waals surface area contributed by atoms with Gasteiger partial charge in [0.15, 0.2) is 11.6 Å². The van der Waals surface area contributed by atoms with Crippen molar-refractivity contribution in [2.45, 2.75) is 46.6 Å². The van der Waals surface area contributed by atoms with Crippen LogP contribution in [0.3, 0.4) is 0 Å². The molecule has 1 amide bonds. The van der Waals surface area contributed by atoms with Gasteiger partial charge in [-0.05, 0) is 34.1 Å². The molecule has 1 aliphatic heterocycles. The lowest BCUT2D eigenvalue weighted by molar-refractivity contribution is -0.131. The molecule has 8 nitrogen and oxygen atoms in total. The molecule has 0 radical (unpaired) electrons. The van der Waals surface area contributed by atoms with Crippen molar-refractivity contribution in [2.75, 3.05) is 13.1 Å². The summed E-state index contributed by atoms with van der Waals surface area (Å²) in [5.41, 5.74) is 1.99. The third-order valence-electron chi connectivity index (χ3n) is 4.45. The minimum absolute atomic E-state index is 0.0190. The molecule has 0 spiro atoms. The predicted octanol–water partition coefficient (Wildman–Crippen LogP) is 1.41. The minimum atomic E-state index is -0.0308. The van der Waals surface area contributed by atoms with Crippen LogP contribution in [0.2, 0.25) is 0 Å². The SMILES string of the molecule is CC(=O)c1c(C)nn(CC(=O)N2CCC(c3nc(C)no3)C2)c1C. The number of amides is 1. The average molecular weight is 331 g/mol. The summed E-state index contributed by atoms with van der Waals surface area (Å²) in [6, 6.07) is 0. The first-order chi connectivity index (χ1) is 11.4. The van der Waals surface area contributed by atoms with Crippen molar-refractivity contribution in [3.63, 3.8) is 0 Å². The lowest BCUT2D eigenvalue weighted by Gasteiger charge is -2.16. The second kappa shape index (κ2) is 6.18. The van der Waals surface area contributed by atoms with Crippen LogP contribution in [-0.4, -0.2) is 49.6 Å². The minimum Gasteiger partial charge on any atom is -0.340 e. The van der Waals surface area contributed by atoms with Gasteiger partial charge in [-0.15, -0.1) is 0 Å². The van der Waals surface area contributed by atoms with Gasteiger partial charge in [0, 0.05) is 18.8 Å². The lowest BCUT2D eigenvalue weighted by Crippen LogP contribution is -2.32. The molecule has 128 valence electrons. The molecular weight excluding hydrogens is 310 g/mol. The summed E-state index contributed by atoms with van der Waals surface area (Å²) in [5.74, 6) is 1.23. The lowest BCUT2D eigenvalue weighted by atomic mass is 10.1. The smallest absolute Gasteiger partial charge is 0.244 e. The van der Waals surface area contributed by atoms with E-state index in [-0.39, 0.29) is 24.2 Å². The number of nitrogens with zero attached hydrogens (tertiary/aromatic N) is 5. The molecule has 3 heterocycles. The summed E-state index contributed by atoms with van der Waals surface area (Å²) >= 11 is 0. The van der Waals surface area contributed by atoms with Crippen molar-refractivity contribution in [3.8, 4) is 0 Å². The first-order valence-corrected chi connectivity index (χ1v) is 7.99. The van der Waals surface area contributed by atoms with Crippen molar-refractivity contribution in [2.24, 2.45) is 0 Å². The van der Waals surface area contributed by atoms with Gasteiger partial charge in [-0.25, -0.2) is 0 Å². The highest BCUT2D eigenvalue weighted by molar-refractivity contribution is 5.96. The highest BCUT2D eigenvalue weighted by Crippen LogP contribution is 2.26. The number of hydrogen-bond donors (Lipinski definition) is 0. The maximum Gasteiger partial charge on any atom is 0.244 e. The molecule has 0 saturated carbocycles. The van der Waals surface area contributed by atoms with E-state index in [1.165, 1.54) is 6.92 Å². The number of carbonyl (C=O) groups is 2. The molecule has 24 heavy (non-hydrogen) atoms. The van der Waals surface area contributed by atoms with E-state index in [9.17, 15) is 9.59 Å². The monoisotopic (exact) mass is 331 g/mol. The number of Topliss-reactive ketones (excluding diaryl/α,β-unsaturated/α-hetero) is 1. The second-order valence-corrected chi connectivity index (χ2v) is 6.26. The Morgan fingerprint density at radius 2 is 2.04 bits per heavy atom. The number of hydrogen-bond acceptors (Lipinski definition) is 6. The third kappa shape index (κ3) is 2.95. The summed E-state index contributed by atoms with van der Waals surface area (Å²) in [4.78, 5) is 30.3. The number of aryl methyl sites for hydroxylation is 2. The molecule has 8 heteroatoms. The summed E-state index contributed by atoms with van der Waals surface area (Å²) in [7, 11) is 0. The number of carbonyl (C=O) groups excluding carboxylic acids is 2. The van der Waals surface area contributed by atoms with Gasteiger partial charge in [0.25, 0.3) is 0 Å². The fourth-order valence-corrected chi connectivity index (χ4v) is 3.26. The van der Waals surface area contributed by atoms with E-state index in [1.807, 2.05) is 6.92 Å². The first kappa shape index (κ1) is 16.4. The van der Waals surface area contributed by atoms with Gasteiger partial charge in [-0.1, -0.05) is 5.16 Å². The zero-order valence-corrected chi connectivity index (χ0v) is 14.4. The zero-order chi connectivity index (χ0) is 17.4. The second-order valence-electron chi connectivity index (χ2n) is 6.26. The largest absolute Gasteiger partial charge is 0.340 e. The van der Waals surface area contributed by atoms with Gasteiger partial charge in [-0.3, -0.25) is 14.3 Å². The van der Waals surface area contributed by atoms with Crippen molar-refractivity contribution < 1.29 is 14.1 Å². The molecule has 0 aromatic carbocycles. The number of ketones is 1. The van der Waals surface area contributed by atoms with Crippen LogP contribution in [0.5, 0.6) is 0 Å². The van der Waals surface area contributed by atoms with Crippen LogP contribution in [-0.2, 0) is 11.3 Å². The number of aromatic nitrogens is 4. The summed E-state index contributed by atoms with van der Waals surface area (Å²) in [5, 5.41) is 8.13. The fraction of sp³-hybridized carbons (Fsp3) is 0.562. The van der Waals surface area contributed by atoms with E-state index in [4.69, 9.17) is 4.52 Å². The molecule has 1 atom stereocenters. The molecule has 0 bridgehead atoms. The Hall–Kier alpha value is -2.51. The van der Waals surface area contributed by atoms with Crippen LogP contribution in [0.25, 0.3) is 0 Å². The number of likely N-dealkylation sites (tertiary alicyclic amines) is 1. The Morgan fingerprint density at radius 1 is 1.29 bits per heavy atom. The molecule has 0 aliphatic carbocycles. The van der Waals surface area contributed by atoms with Crippen LogP contribution in [0.4, 0.5) is 0 Å². The van der Waals surface area contributed by atoms with E-state index < -0.39 is 0 Å². The maximum atomic E-state index is 12.6. The number of rotatable bonds is 4. The Bertz CT molecular complexity index is 792. The molecule has 2 aromatic rings. The predicted molar refractivity (Wildman–Crippen MR) is 84.7 cm³/mol. The Morgan fingerprint density at radius 3 is 2.62 bits per heavy atom. The quantitative estimate of drug-likeness (QED) is 0.786. The van der Waals surface area contributed by atoms with Crippen LogP contribution < -0.4 is 0 Å². The van der Waals surface area contributed by atoms with E-state index in [1.54, 1.807) is 23.4 Å². The molecule has 1 unspecified atom stereocenters. The van der Waals surface area contributed by atoms with Crippen LogP contribution in [0.15, 0.2) is 4.52 Å². The summed E-state index contributed by atoms with van der Waals surface area (Å²) in [6.07, 6.45) is 0.809. The van der Waals surface area contributed by atoms with E-state index >= 15 is 0 Å². The Kier molecular flexibility index (Phi) is 4.21. The van der Waals surface area contributed by atoms with Gasteiger partial charge in [0.05, 0.1) is 17.2 Å². The standard InChI is InChI=1S/C16H21N5O3/c1-9-15(11(3)22)10(2)21(18-9)8-14(23)20-6-5-13(7-20)16-17-12(4)19-24-16/h13H,5-8H2,1-4H3. The van der Waals surface area contributed by atoms with Crippen molar-refractivity contribution in [1.29, 1.82) is 0 Å². The molecule has 2 aromatic heterocycles. The van der Waals surface area contributed by atoms with E-state index in [0.717, 1.165) is 12.1 Å². The van der Waals surface area contributed by atoms with Crippen LogP contribution in [0, 0.1) is 20.8 Å². The third-order valence-corrected chi connectivity index (χ3v) is 4.45. The Labute approximate surface area is 139 Å². The summed E-state index contributed by atoms with van der Waals surface area (Å²) < 4.78 is 6.81. The molecule has 1 fully saturated rings. The van der Waals surface area contributed by atoms with E-state index in [0.29, 0.717) is 36.1 Å². The van der Waals surface area contributed by atoms with Crippen LogP contribution in [0.1, 0.15) is 52.7 Å². The topological polar surface area (TPSA) is 94.1 Å². The maximum absolute atomic E-state index is 12.6. The van der Waals surface area contributed by atoms with Gasteiger partial charge < -0.3 is 9.42 Å². The highest BCUT2D eigenvalue weighted by Gasteiger charge is 2.31. The first-order valence-electron chi connectivity index (χ1n) is 7.99. The Balaban J connectivity index is 1.68. The molecule has 0 N–H and O–H groups in total. The van der Waals surface area contributed by atoms with Gasteiger partial charge in [0.1, 0.15) is 6.54 Å². The highest BCUT2D eigenvalue weighted by atomic mass is 16.5. The molecule has 1 aliphatic rings. The van der Waals surface area contributed by atoms with Crippen LogP contribution >= 0.6 is 0 Å². The molecule has 3 rings (SSSR count). The molecule has 1 saturated heterocycles. The zero-order valence-electron chi connectivity index (χ0n) is 14.4. The van der Waals surface area contributed by atoms with Crippen molar-refractivity contribution >= 4 is 11.7 Å². The summed E-state index contributed by atoms with van der Waals surface area (Å²) in [6.45, 7) is 8.26. The van der Waals surface area contributed by atoms with Crippen molar-refractivity contribution in [1.82, 2.24) is 24.8 Å². The molecular formula is C16H21N5O3. The van der Waals surface area contributed by atoms with Gasteiger partial charge in [0.2, 0.25) is 11.8 Å².